The number of likely N-dealkylation sites (N-methyl/N-ethyl adjacent to an activating group) is 2. The molecule has 1 saturated heterocycles. The normalized spacial score (nSPS) is 17.1. The molecule has 2 rings (SSSR count). The van der Waals surface area contributed by atoms with Crippen LogP contribution >= 0.6 is 0 Å². The number of benzene rings is 1. The van der Waals surface area contributed by atoms with E-state index in [0.717, 1.165) is 11.3 Å². The number of nitrogens with one attached hydrogen (secondary N) is 1. The summed E-state index contributed by atoms with van der Waals surface area (Å²) < 4.78 is 5.22. The molecule has 1 aliphatic heterocycles. The lowest BCUT2D eigenvalue weighted by Gasteiger charge is -2.34. The van der Waals surface area contributed by atoms with Gasteiger partial charge in [-0.2, -0.15) is 0 Å². The van der Waals surface area contributed by atoms with Crippen molar-refractivity contribution in [2.24, 2.45) is 0 Å². The number of hydrogen-bond donors (Lipinski definition) is 1. The van der Waals surface area contributed by atoms with E-state index >= 15 is 0 Å². The Bertz CT molecular complexity index is 533. The van der Waals surface area contributed by atoms with Crippen LogP contribution in [0.4, 0.5) is 0 Å². The zero-order valence-electron chi connectivity index (χ0n) is 12.6. The van der Waals surface area contributed by atoms with Crippen molar-refractivity contribution in [3.8, 4) is 5.75 Å². The fourth-order valence-corrected chi connectivity index (χ4v) is 2.39. The summed E-state index contributed by atoms with van der Waals surface area (Å²) in [6, 6.07) is 7.66. The Kier molecular flexibility index (Phi) is 4.80. The third kappa shape index (κ3) is 3.33. The fraction of sp³-hybridized carbons (Fsp3) is 0.467. The van der Waals surface area contributed by atoms with Gasteiger partial charge in [-0.15, -0.1) is 0 Å². The van der Waals surface area contributed by atoms with E-state index in [9.17, 15) is 9.59 Å². The number of methoxy groups -OCH3 is 1. The van der Waals surface area contributed by atoms with Crippen LogP contribution in [0, 0.1) is 0 Å². The molecule has 0 radical (unpaired) electrons. The summed E-state index contributed by atoms with van der Waals surface area (Å²) in [5.41, 5.74) is 1.02. The van der Waals surface area contributed by atoms with Gasteiger partial charge in [-0.25, -0.2) is 0 Å². The molecular formula is C15H21N3O3. The number of nitrogens with zero attached hydrogens (tertiary/aromatic N) is 2. The smallest absolute Gasteiger partial charge is 0.312 e. The summed E-state index contributed by atoms with van der Waals surface area (Å²) in [7, 11) is 5.11. The van der Waals surface area contributed by atoms with Crippen LogP contribution in [0.5, 0.6) is 5.75 Å². The molecule has 0 aromatic heterocycles. The lowest BCUT2D eigenvalue weighted by atomic mass is 10.1. The minimum Gasteiger partial charge on any atom is -0.497 e. The first-order valence-electron chi connectivity index (χ1n) is 6.92. The number of piperazine rings is 1. The molecule has 0 bridgehead atoms. The Morgan fingerprint density at radius 3 is 2.71 bits per heavy atom. The van der Waals surface area contributed by atoms with Gasteiger partial charge in [0, 0.05) is 32.7 Å². The Hall–Kier alpha value is -2.08. The van der Waals surface area contributed by atoms with Gasteiger partial charge in [0.25, 0.3) is 0 Å². The van der Waals surface area contributed by atoms with Gasteiger partial charge in [-0.3, -0.25) is 9.59 Å². The molecule has 6 heteroatoms. The number of amides is 2. The van der Waals surface area contributed by atoms with Crippen LogP contribution in [0.3, 0.4) is 0 Å². The Balaban J connectivity index is 2.11. The maximum absolute atomic E-state index is 12.0. The second-order valence-corrected chi connectivity index (χ2v) is 5.10. The average molecular weight is 291 g/mol. The van der Waals surface area contributed by atoms with Gasteiger partial charge in [0.2, 0.25) is 0 Å². The highest BCUT2D eigenvalue weighted by Crippen LogP contribution is 2.20. The molecule has 114 valence electrons. The molecule has 0 spiro atoms. The van der Waals surface area contributed by atoms with Gasteiger partial charge in [0.1, 0.15) is 5.75 Å². The number of rotatable bonds is 5. The summed E-state index contributed by atoms with van der Waals surface area (Å²) in [4.78, 5) is 26.8. The van der Waals surface area contributed by atoms with Crippen molar-refractivity contribution in [3.05, 3.63) is 29.8 Å². The lowest BCUT2D eigenvalue weighted by molar-refractivity contribution is -0.155. The third-order valence-electron chi connectivity index (χ3n) is 3.77. The maximum atomic E-state index is 12.0. The Labute approximate surface area is 124 Å². The van der Waals surface area contributed by atoms with Crippen molar-refractivity contribution in [1.82, 2.24) is 15.1 Å². The zero-order chi connectivity index (χ0) is 15.4. The zero-order valence-corrected chi connectivity index (χ0v) is 12.6. The Morgan fingerprint density at radius 2 is 2.05 bits per heavy atom. The van der Waals surface area contributed by atoms with Gasteiger partial charge >= 0.3 is 11.8 Å². The quantitative estimate of drug-likeness (QED) is 0.790. The summed E-state index contributed by atoms with van der Waals surface area (Å²) in [5.74, 6) is -0.109. The van der Waals surface area contributed by atoms with Crippen molar-refractivity contribution in [2.45, 2.75) is 6.04 Å². The van der Waals surface area contributed by atoms with Crippen molar-refractivity contribution in [2.75, 3.05) is 40.8 Å². The lowest BCUT2D eigenvalue weighted by Crippen LogP contribution is -2.54. The molecule has 1 N–H and O–H groups in total. The van der Waals surface area contributed by atoms with Gasteiger partial charge in [0.05, 0.1) is 7.11 Å². The Morgan fingerprint density at radius 1 is 1.29 bits per heavy atom. The standard InChI is InChI=1S/C15H21N3O3/c1-16-13(11-5-4-6-12(9-11)21-3)10-18-8-7-17(2)14(19)15(18)20/h4-6,9,13,16H,7-8,10H2,1-3H3. The van der Waals surface area contributed by atoms with E-state index in [0.29, 0.717) is 19.6 Å². The number of hydrogen-bond acceptors (Lipinski definition) is 4. The number of ether oxygens (including phenoxy) is 1. The van der Waals surface area contributed by atoms with Crippen LogP contribution in [0.1, 0.15) is 11.6 Å². The van der Waals surface area contributed by atoms with Crippen LogP contribution in [-0.4, -0.2) is 62.5 Å². The highest BCUT2D eigenvalue weighted by molar-refractivity contribution is 6.35. The van der Waals surface area contributed by atoms with Gasteiger partial charge in [-0.1, -0.05) is 12.1 Å². The van der Waals surface area contributed by atoms with Crippen LogP contribution in [0.2, 0.25) is 0 Å². The van der Waals surface area contributed by atoms with Crippen LogP contribution in [0.15, 0.2) is 24.3 Å². The summed E-state index contributed by atoms with van der Waals surface area (Å²) >= 11 is 0. The molecule has 2 amide bonds. The SMILES string of the molecule is CNC(CN1CCN(C)C(=O)C1=O)c1cccc(OC)c1. The van der Waals surface area contributed by atoms with Crippen LogP contribution in [0.25, 0.3) is 0 Å². The molecule has 1 unspecified atom stereocenters. The predicted octanol–water partition coefficient (Wildman–Crippen LogP) is 0.256. The minimum atomic E-state index is -0.443. The highest BCUT2D eigenvalue weighted by atomic mass is 16.5. The van der Waals surface area contributed by atoms with E-state index in [1.807, 2.05) is 31.3 Å². The average Bonchev–Trinajstić information content (AvgIpc) is 2.52. The maximum Gasteiger partial charge on any atom is 0.312 e. The first-order chi connectivity index (χ1) is 10.1. The first-order valence-corrected chi connectivity index (χ1v) is 6.92. The van der Waals surface area contributed by atoms with Crippen LogP contribution < -0.4 is 10.1 Å². The molecule has 1 aromatic rings. The molecule has 1 atom stereocenters. The highest BCUT2D eigenvalue weighted by Gasteiger charge is 2.31. The second-order valence-electron chi connectivity index (χ2n) is 5.10. The predicted molar refractivity (Wildman–Crippen MR) is 79.0 cm³/mol. The summed E-state index contributed by atoms with van der Waals surface area (Å²) in [6.07, 6.45) is 0. The largest absolute Gasteiger partial charge is 0.497 e. The third-order valence-corrected chi connectivity index (χ3v) is 3.77. The molecule has 21 heavy (non-hydrogen) atoms. The molecular weight excluding hydrogens is 270 g/mol. The first kappa shape index (κ1) is 15.3. The molecule has 6 nitrogen and oxygen atoms in total. The van der Waals surface area contributed by atoms with Crippen molar-refractivity contribution < 1.29 is 14.3 Å². The van der Waals surface area contributed by atoms with Crippen molar-refractivity contribution in [1.29, 1.82) is 0 Å². The van der Waals surface area contributed by atoms with Gasteiger partial charge < -0.3 is 19.9 Å². The van der Waals surface area contributed by atoms with Crippen molar-refractivity contribution in [3.63, 3.8) is 0 Å². The van der Waals surface area contributed by atoms with E-state index < -0.39 is 11.8 Å². The minimum absolute atomic E-state index is 0.0414. The van der Waals surface area contributed by atoms with Gasteiger partial charge in [0.15, 0.2) is 0 Å². The number of carbonyl (C=O) groups excluding carboxylic acids is 2. The topological polar surface area (TPSA) is 61.9 Å². The van der Waals surface area contributed by atoms with E-state index in [2.05, 4.69) is 5.32 Å². The van der Waals surface area contributed by atoms with Gasteiger partial charge in [-0.05, 0) is 24.7 Å². The van der Waals surface area contributed by atoms with Crippen LogP contribution in [-0.2, 0) is 9.59 Å². The van der Waals surface area contributed by atoms with E-state index in [4.69, 9.17) is 4.74 Å². The molecule has 1 aromatic carbocycles. The van der Waals surface area contributed by atoms with E-state index in [1.54, 1.807) is 19.1 Å². The van der Waals surface area contributed by atoms with Crippen molar-refractivity contribution >= 4 is 11.8 Å². The summed E-state index contributed by atoms with van der Waals surface area (Å²) in [5, 5.41) is 3.19. The summed E-state index contributed by atoms with van der Waals surface area (Å²) in [6.45, 7) is 1.59. The molecule has 1 aliphatic rings. The second kappa shape index (κ2) is 6.58. The molecule has 1 heterocycles. The molecule has 0 saturated carbocycles. The fourth-order valence-electron chi connectivity index (χ4n) is 2.39. The number of carbonyl (C=O) groups is 2. The van der Waals surface area contributed by atoms with E-state index in [-0.39, 0.29) is 6.04 Å². The molecule has 1 fully saturated rings. The van der Waals surface area contributed by atoms with E-state index in [1.165, 1.54) is 4.90 Å². The monoisotopic (exact) mass is 291 g/mol. The molecule has 0 aliphatic carbocycles.